The van der Waals surface area contributed by atoms with Crippen LogP contribution in [0.4, 0.5) is 0 Å². The van der Waals surface area contributed by atoms with E-state index in [9.17, 15) is 4.79 Å². The molecule has 0 aliphatic rings. The van der Waals surface area contributed by atoms with Crippen molar-refractivity contribution in [3.63, 3.8) is 0 Å². The summed E-state index contributed by atoms with van der Waals surface area (Å²) >= 11 is 0. The fraction of sp³-hybridized carbons (Fsp3) is 0.231. The number of rotatable bonds is 3. The normalized spacial score (nSPS) is 10.2. The molecular formula is C13H14N2O2. The lowest BCUT2D eigenvalue weighted by molar-refractivity contribution is 0.0588. The number of esters is 1. The van der Waals surface area contributed by atoms with Gasteiger partial charge in [0.15, 0.2) is 0 Å². The Balaban J connectivity index is 2.32. The second-order valence-corrected chi connectivity index (χ2v) is 3.75. The maximum Gasteiger partial charge on any atom is 0.356 e. The number of aryl methyl sites for hydroxylation is 1. The maximum atomic E-state index is 11.6. The molecule has 1 heterocycles. The van der Waals surface area contributed by atoms with Gasteiger partial charge in [-0.2, -0.15) is 0 Å². The number of ether oxygens (including phenoxy) is 1. The smallest absolute Gasteiger partial charge is 0.356 e. The van der Waals surface area contributed by atoms with Gasteiger partial charge in [0.25, 0.3) is 0 Å². The van der Waals surface area contributed by atoms with Crippen LogP contribution in [0, 0.1) is 6.92 Å². The summed E-state index contributed by atoms with van der Waals surface area (Å²) in [4.78, 5) is 15.7. The van der Waals surface area contributed by atoms with Crippen molar-refractivity contribution in [3.05, 3.63) is 53.6 Å². The zero-order valence-electron chi connectivity index (χ0n) is 9.88. The van der Waals surface area contributed by atoms with E-state index in [2.05, 4.69) is 4.98 Å². The molecule has 0 saturated heterocycles. The fourth-order valence-corrected chi connectivity index (χ4v) is 1.70. The Morgan fingerprint density at radius 1 is 1.35 bits per heavy atom. The molecule has 0 bridgehead atoms. The molecule has 17 heavy (non-hydrogen) atoms. The van der Waals surface area contributed by atoms with Gasteiger partial charge in [0.05, 0.1) is 13.3 Å². The first kappa shape index (κ1) is 11.4. The molecule has 0 atom stereocenters. The summed E-state index contributed by atoms with van der Waals surface area (Å²) in [6.07, 6.45) is 1.55. The van der Waals surface area contributed by atoms with Crippen molar-refractivity contribution < 1.29 is 9.53 Å². The lowest BCUT2D eigenvalue weighted by Crippen LogP contribution is -2.12. The van der Waals surface area contributed by atoms with Gasteiger partial charge in [0.2, 0.25) is 0 Å². The Morgan fingerprint density at radius 3 is 2.71 bits per heavy atom. The minimum atomic E-state index is -0.360. The van der Waals surface area contributed by atoms with Crippen molar-refractivity contribution in [1.82, 2.24) is 9.55 Å². The van der Waals surface area contributed by atoms with Crippen LogP contribution in [0.1, 0.15) is 21.9 Å². The predicted molar refractivity (Wildman–Crippen MR) is 63.8 cm³/mol. The van der Waals surface area contributed by atoms with Crippen LogP contribution in [0.2, 0.25) is 0 Å². The van der Waals surface area contributed by atoms with Crippen molar-refractivity contribution in [2.45, 2.75) is 13.5 Å². The molecule has 2 aromatic rings. The van der Waals surface area contributed by atoms with Gasteiger partial charge >= 0.3 is 5.97 Å². The highest BCUT2D eigenvalue weighted by atomic mass is 16.5. The van der Waals surface area contributed by atoms with Crippen LogP contribution in [-0.4, -0.2) is 22.6 Å². The van der Waals surface area contributed by atoms with E-state index in [0.717, 1.165) is 11.4 Å². The van der Waals surface area contributed by atoms with Gasteiger partial charge in [-0.15, -0.1) is 0 Å². The minimum Gasteiger partial charge on any atom is -0.464 e. The number of aromatic nitrogens is 2. The van der Waals surface area contributed by atoms with Crippen LogP contribution in [-0.2, 0) is 11.3 Å². The highest BCUT2D eigenvalue weighted by molar-refractivity contribution is 5.87. The Labute approximate surface area is 99.9 Å². The topological polar surface area (TPSA) is 44.1 Å². The first-order chi connectivity index (χ1) is 8.22. The average molecular weight is 230 g/mol. The van der Waals surface area contributed by atoms with Gasteiger partial charge in [-0.1, -0.05) is 30.3 Å². The van der Waals surface area contributed by atoms with Crippen LogP contribution < -0.4 is 0 Å². The molecule has 0 spiro atoms. The van der Waals surface area contributed by atoms with E-state index in [4.69, 9.17) is 4.74 Å². The molecule has 1 aromatic heterocycles. The van der Waals surface area contributed by atoms with Gasteiger partial charge in [0, 0.05) is 6.54 Å². The van der Waals surface area contributed by atoms with Gasteiger partial charge in [-0.25, -0.2) is 9.78 Å². The third kappa shape index (κ3) is 2.36. The molecule has 4 heteroatoms. The standard InChI is InChI=1S/C13H14N2O2/c1-10-14-8-12(13(16)17-2)15(10)9-11-6-4-3-5-7-11/h3-8H,9H2,1-2H3. The number of hydrogen-bond donors (Lipinski definition) is 0. The fourth-order valence-electron chi connectivity index (χ4n) is 1.70. The van der Waals surface area contributed by atoms with Crippen molar-refractivity contribution in [1.29, 1.82) is 0 Å². The number of methoxy groups -OCH3 is 1. The largest absolute Gasteiger partial charge is 0.464 e. The maximum absolute atomic E-state index is 11.6. The summed E-state index contributed by atoms with van der Waals surface area (Å²) in [5.74, 6) is 0.441. The highest BCUT2D eigenvalue weighted by Gasteiger charge is 2.14. The van der Waals surface area contributed by atoms with Gasteiger partial charge in [-0.05, 0) is 12.5 Å². The van der Waals surface area contributed by atoms with Crippen LogP contribution in [0.3, 0.4) is 0 Å². The molecule has 0 aliphatic heterocycles. The van der Waals surface area contributed by atoms with E-state index in [0.29, 0.717) is 12.2 Å². The minimum absolute atomic E-state index is 0.360. The second-order valence-electron chi connectivity index (χ2n) is 3.75. The Bertz CT molecular complexity index is 517. The first-order valence-corrected chi connectivity index (χ1v) is 5.36. The molecule has 0 aliphatic carbocycles. The second kappa shape index (κ2) is 4.82. The third-order valence-electron chi connectivity index (χ3n) is 2.63. The lowest BCUT2D eigenvalue weighted by Gasteiger charge is -2.08. The van der Waals surface area contributed by atoms with Crippen LogP contribution in [0.5, 0.6) is 0 Å². The molecule has 0 fully saturated rings. The molecule has 0 unspecified atom stereocenters. The van der Waals surface area contributed by atoms with Gasteiger partial charge in [-0.3, -0.25) is 0 Å². The Kier molecular flexibility index (Phi) is 3.23. The van der Waals surface area contributed by atoms with Crippen molar-refractivity contribution in [2.24, 2.45) is 0 Å². The molecule has 0 N–H and O–H groups in total. The summed E-state index contributed by atoms with van der Waals surface area (Å²) in [6, 6.07) is 9.94. The first-order valence-electron chi connectivity index (χ1n) is 5.36. The lowest BCUT2D eigenvalue weighted by atomic mass is 10.2. The van der Waals surface area contributed by atoms with Crippen LogP contribution in [0.25, 0.3) is 0 Å². The predicted octanol–water partition coefficient (Wildman–Crippen LogP) is 2.03. The average Bonchev–Trinajstić information content (AvgIpc) is 2.72. The van der Waals surface area contributed by atoms with Gasteiger partial charge < -0.3 is 9.30 Å². The Hall–Kier alpha value is -2.10. The van der Waals surface area contributed by atoms with Crippen LogP contribution >= 0.6 is 0 Å². The van der Waals surface area contributed by atoms with E-state index in [1.54, 1.807) is 6.20 Å². The molecule has 2 rings (SSSR count). The van der Waals surface area contributed by atoms with Crippen molar-refractivity contribution >= 4 is 5.97 Å². The number of benzene rings is 1. The number of carbonyl (C=O) groups is 1. The zero-order chi connectivity index (χ0) is 12.3. The van der Waals surface area contributed by atoms with Crippen molar-refractivity contribution in [3.8, 4) is 0 Å². The highest BCUT2D eigenvalue weighted by Crippen LogP contribution is 2.10. The van der Waals surface area contributed by atoms with E-state index < -0.39 is 0 Å². The quantitative estimate of drug-likeness (QED) is 0.758. The number of nitrogens with zero attached hydrogens (tertiary/aromatic N) is 2. The number of carbonyl (C=O) groups excluding carboxylic acids is 1. The third-order valence-corrected chi connectivity index (χ3v) is 2.63. The van der Waals surface area contributed by atoms with E-state index >= 15 is 0 Å². The molecular weight excluding hydrogens is 216 g/mol. The molecule has 1 aromatic carbocycles. The van der Waals surface area contributed by atoms with E-state index in [1.807, 2.05) is 41.8 Å². The number of imidazole rings is 1. The van der Waals surface area contributed by atoms with Gasteiger partial charge in [0.1, 0.15) is 11.5 Å². The molecule has 0 radical (unpaired) electrons. The molecule has 0 saturated carbocycles. The summed E-state index contributed by atoms with van der Waals surface area (Å²) in [5.41, 5.74) is 1.60. The Morgan fingerprint density at radius 2 is 2.06 bits per heavy atom. The SMILES string of the molecule is COC(=O)c1cnc(C)n1Cc1ccccc1. The summed E-state index contributed by atoms with van der Waals surface area (Å²) < 4.78 is 6.58. The summed E-state index contributed by atoms with van der Waals surface area (Å²) in [7, 11) is 1.37. The molecule has 4 nitrogen and oxygen atoms in total. The monoisotopic (exact) mass is 230 g/mol. The van der Waals surface area contributed by atoms with Crippen LogP contribution in [0.15, 0.2) is 36.5 Å². The van der Waals surface area contributed by atoms with Crippen molar-refractivity contribution in [2.75, 3.05) is 7.11 Å². The van der Waals surface area contributed by atoms with E-state index in [-0.39, 0.29) is 5.97 Å². The summed E-state index contributed by atoms with van der Waals surface area (Å²) in [6.45, 7) is 2.49. The molecule has 0 amide bonds. The zero-order valence-corrected chi connectivity index (χ0v) is 9.88. The summed E-state index contributed by atoms with van der Waals surface area (Å²) in [5, 5.41) is 0. The number of hydrogen-bond acceptors (Lipinski definition) is 3. The molecule has 88 valence electrons. The van der Waals surface area contributed by atoms with E-state index in [1.165, 1.54) is 7.11 Å².